The normalized spacial score (nSPS) is 12.1. The van der Waals surface area contributed by atoms with E-state index in [1.165, 1.54) is 12.1 Å². The minimum atomic E-state index is -3.46. The maximum Gasteiger partial charge on any atom is 0.311 e. The van der Waals surface area contributed by atoms with Crippen LogP contribution in [0.25, 0.3) is 0 Å². The molecule has 0 saturated heterocycles. The quantitative estimate of drug-likeness (QED) is 0.364. The molecule has 0 spiro atoms. The highest BCUT2D eigenvalue weighted by molar-refractivity contribution is 7.89. The van der Waals surface area contributed by atoms with E-state index in [9.17, 15) is 13.2 Å². The van der Waals surface area contributed by atoms with Gasteiger partial charge in [0.15, 0.2) is 0 Å². The SMILES string of the molecule is CCOC(=O)C(C)(C)CCCCCCCCNS(=O)(=O)c1ccc(Cl)cc1. The summed E-state index contributed by atoms with van der Waals surface area (Å²) < 4.78 is 32.0. The topological polar surface area (TPSA) is 72.5 Å². The van der Waals surface area contributed by atoms with Crippen LogP contribution in [0.3, 0.4) is 0 Å². The Morgan fingerprint density at radius 2 is 1.59 bits per heavy atom. The number of hydrogen-bond donors (Lipinski definition) is 1. The molecule has 1 N–H and O–H groups in total. The number of esters is 1. The number of nitrogens with one attached hydrogen (secondary N) is 1. The van der Waals surface area contributed by atoms with Crippen LogP contribution < -0.4 is 4.72 Å². The Balaban J connectivity index is 2.12. The van der Waals surface area contributed by atoms with Crippen molar-refractivity contribution in [3.05, 3.63) is 29.3 Å². The second kappa shape index (κ2) is 11.7. The molecular formula is C20H32ClNO4S. The summed E-state index contributed by atoms with van der Waals surface area (Å²) in [4.78, 5) is 12.1. The molecule has 5 nitrogen and oxygen atoms in total. The summed E-state index contributed by atoms with van der Waals surface area (Å²) in [5, 5.41) is 0.514. The van der Waals surface area contributed by atoms with Crippen LogP contribution in [0.2, 0.25) is 5.02 Å². The zero-order valence-electron chi connectivity index (χ0n) is 16.6. The molecular weight excluding hydrogens is 386 g/mol. The minimum Gasteiger partial charge on any atom is -0.466 e. The van der Waals surface area contributed by atoms with Crippen LogP contribution >= 0.6 is 11.6 Å². The highest BCUT2D eigenvalue weighted by Gasteiger charge is 2.28. The summed E-state index contributed by atoms with van der Waals surface area (Å²) in [7, 11) is -3.46. The predicted molar refractivity (Wildman–Crippen MR) is 109 cm³/mol. The summed E-state index contributed by atoms with van der Waals surface area (Å²) in [6.07, 6.45) is 6.82. The summed E-state index contributed by atoms with van der Waals surface area (Å²) in [6, 6.07) is 6.14. The number of benzene rings is 1. The van der Waals surface area contributed by atoms with E-state index < -0.39 is 15.4 Å². The Morgan fingerprint density at radius 1 is 1.04 bits per heavy atom. The van der Waals surface area contributed by atoms with Gasteiger partial charge in [0, 0.05) is 11.6 Å². The van der Waals surface area contributed by atoms with E-state index in [1.807, 2.05) is 20.8 Å². The molecule has 0 heterocycles. The Bertz CT molecular complexity index is 672. The van der Waals surface area contributed by atoms with Crippen LogP contribution in [0.5, 0.6) is 0 Å². The number of halogens is 1. The molecule has 0 aliphatic heterocycles. The average Bonchev–Trinajstić information content (AvgIpc) is 2.60. The van der Waals surface area contributed by atoms with Crippen LogP contribution in [0.15, 0.2) is 29.2 Å². The summed E-state index contributed by atoms with van der Waals surface area (Å²) in [5.74, 6) is -0.127. The maximum absolute atomic E-state index is 12.1. The first-order valence-corrected chi connectivity index (χ1v) is 11.5. The fourth-order valence-electron chi connectivity index (χ4n) is 2.73. The molecule has 0 bridgehead atoms. The zero-order chi connectivity index (χ0) is 20.3. The van der Waals surface area contributed by atoms with Gasteiger partial charge < -0.3 is 4.74 Å². The molecule has 0 aliphatic rings. The van der Waals surface area contributed by atoms with Crippen molar-refractivity contribution in [3.63, 3.8) is 0 Å². The monoisotopic (exact) mass is 417 g/mol. The van der Waals surface area contributed by atoms with E-state index in [4.69, 9.17) is 16.3 Å². The molecule has 1 aromatic rings. The third-order valence-electron chi connectivity index (χ3n) is 4.47. The van der Waals surface area contributed by atoms with Crippen molar-refractivity contribution in [2.24, 2.45) is 5.41 Å². The van der Waals surface area contributed by atoms with Gasteiger partial charge in [0.1, 0.15) is 0 Å². The number of carbonyl (C=O) groups is 1. The summed E-state index contributed by atoms with van der Waals surface area (Å²) in [5.41, 5.74) is -0.421. The summed E-state index contributed by atoms with van der Waals surface area (Å²) in [6.45, 7) is 6.53. The molecule has 0 amide bonds. The van der Waals surface area contributed by atoms with Gasteiger partial charge in [-0.15, -0.1) is 0 Å². The second-order valence-electron chi connectivity index (χ2n) is 7.33. The van der Waals surface area contributed by atoms with Gasteiger partial charge in [-0.2, -0.15) is 0 Å². The fourth-order valence-corrected chi connectivity index (χ4v) is 3.93. The smallest absolute Gasteiger partial charge is 0.311 e. The van der Waals surface area contributed by atoms with Gasteiger partial charge in [-0.05, 0) is 57.9 Å². The van der Waals surface area contributed by atoms with Crippen LogP contribution in [0.1, 0.15) is 65.7 Å². The number of hydrogen-bond acceptors (Lipinski definition) is 4. The molecule has 0 fully saturated rings. The molecule has 27 heavy (non-hydrogen) atoms. The van der Waals surface area contributed by atoms with Gasteiger partial charge in [-0.3, -0.25) is 4.79 Å². The van der Waals surface area contributed by atoms with E-state index in [0.717, 1.165) is 44.9 Å². The predicted octanol–water partition coefficient (Wildman–Crippen LogP) is 4.94. The lowest BCUT2D eigenvalue weighted by atomic mass is 9.87. The van der Waals surface area contributed by atoms with Gasteiger partial charge in [0.05, 0.1) is 16.9 Å². The highest BCUT2D eigenvalue weighted by atomic mass is 35.5. The van der Waals surface area contributed by atoms with Crippen molar-refractivity contribution >= 4 is 27.6 Å². The molecule has 0 aromatic heterocycles. The third kappa shape index (κ3) is 9.08. The Labute approximate surface area is 168 Å². The molecule has 0 atom stereocenters. The molecule has 154 valence electrons. The Hall–Kier alpha value is -1.11. The van der Waals surface area contributed by atoms with Gasteiger partial charge in [0.2, 0.25) is 10.0 Å². The lowest BCUT2D eigenvalue weighted by molar-refractivity contribution is -0.153. The lowest BCUT2D eigenvalue weighted by Crippen LogP contribution is -2.26. The van der Waals surface area contributed by atoms with Crippen LogP contribution in [-0.2, 0) is 19.6 Å². The van der Waals surface area contributed by atoms with Crippen molar-refractivity contribution in [3.8, 4) is 0 Å². The van der Waals surface area contributed by atoms with Crippen molar-refractivity contribution in [1.82, 2.24) is 4.72 Å². The van der Waals surface area contributed by atoms with E-state index in [2.05, 4.69) is 4.72 Å². The molecule has 0 aliphatic carbocycles. The number of ether oxygens (including phenoxy) is 1. The number of sulfonamides is 1. The van der Waals surface area contributed by atoms with E-state index in [0.29, 0.717) is 18.2 Å². The van der Waals surface area contributed by atoms with Gasteiger partial charge in [0.25, 0.3) is 0 Å². The molecule has 1 aromatic carbocycles. The first kappa shape index (κ1) is 23.9. The third-order valence-corrected chi connectivity index (χ3v) is 6.20. The lowest BCUT2D eigenvalue weighted by Gasteiger charge is -2.21. The van der Waals surface area contributed by atoms with E-state index >= 15 is 0 Å². The largest absolute Gasteiger partial charge is 0.466 e. The molecule has 0 unspecified atom stereocenters. The fraction of sp³-hybridized carbons (Fsp3) is 0.650. The average molecular weight is 418 g/mol. The van der Waals surface area contributed by atoms with Crippen molar-refractivity contribution in [2.45, 2.75) is 70.6 Å². The van der Waals surface area contributed by atoms with Gasteiger partial charge in [-0.1, -0.05) is 43.7 Å². The van der Waals surface area contributed by atoms with Gasteiger partial charge in [-0.25, -0.2) is 13.1 Å². The van der Waals surface area contributed by atoms with Crippen LogP contribution in [-0.4, -0.2) is 27.5 Å². The van der Waals surface area contributed by atoms with Crippen LogP contribution in [0, 0.1) is 5.41 Å². The van der Waals surface area contributed by atoms with E-state index in [-0.39, 0.29) is 10.9 Å². The zero-order valence-corrected chi connectivity index (χ0v) is 18.2. The standard InChI is InChI=1S/C20H32ClNO4S/c1-4-26-19(23)20(2,3)15-9-7-5-6-8-10-16-22-27(24,25)18-13-11-17(21)12-14-18/h11-14,22H,4-10,15-16H2,1-3H3. The second-order valence-corrected chi connectivity index (χ2v) is 9.53. The van der Waals surface area contributed by atoms with E-state index in [1.54, 1.807) is 12.1 Å². The van der Waals surface area contributed by atoms with Gasteiger partial charge >= 0.3 is 5.97 Å². The van der Waals surface area contributed by atoms with Crippen LogP contribution in [0.4, 0.5) is 0 Å². The molecule has 0 saturated carbocycles. The Morgan fingerprint density at radius 3 is 2.19 bits per heavy atom. The minimum absolute atomic E-state index is 0.127. The van der Waals surface area contributed by atoms with Crippen molar-refractivity contribution in [1.29, 1.82) is 0 Å². The molecule has 7 heteroatoms. The highest BCUT2D eigenvalue weighted by Crippen LogP contribution is 2.25. The first-order valence-electron chi connectivity index (χ1n) is 9.61. The van der Waals surface area contributed by atoms with Crippen molar-refractivity contribution < 1.29 is 17.9 Å². The maximum atomic E-state index is 12.1. The summed E-state index contributed by atoms with van der Waals surface area (Å²) >= 11 is 5.78. The number of carbonyl (C=O) groups excluding carboxylic acids is 1. The van der Waals surface area contributed by atoms with Crippen molar-refractivity contribution in [2.75, 3.05) is 13.2 Å². The number of rotatable bonds is 13. The first-order chi connectivity index (χ1) is 12.7. The molecule has 1 rings (SSSR count). The number of unbranched alkanes of at least 4 members (excludes halogenated alkanes) is 5. The Kier molecular flexibility index (Phi) is 10.3. The molecule has 0 radical (unpaired) electrons.